The van der Waals surface area contributed by atoms with Crippen LogP contribution in [-0.2, 0) is 4.79 Å². The number of hydrogen-bond acceptors (Lipinski definition) is 4. The van der Waals surface area contributed by atoms with E-state index in [1.807, 2.05) is 0 Å². The van der Waals surface area contributed by atoms with Gasteiger partial charge in [0.25, 0.3) is 0 Å². The summed E-state index contributed by atoms with van der Waals surface area (Å²) in [6, 6.07) is 5.18. The zero-order valence-electron chi connectivity index (χ0n) is 13.3. The Morgan fingerprint density at radius 1 is 1.25 bits per heavy atom. The van der Waals surface area contributed by atoms with Crippen LogP contribution in [0.3, 0.4) is 0 Å². The highest BCUT2D eigenvalue weighted by molar-refractivity contribution is 6.31. The first-order valence-corrected chi connectivity index (χ1v) is 8.78. The Bertz CT molecular complexity index is 804. The predicted octanol–water partition coefficient (Wildman–Crippen LogP) is 3.71. The van der Waals surface area contributed by atoms with Crippen LogP contribution in [0, 0.1) is 5.92 Å². The average Bonchev–Trinajstić information content (AvgIpc) is 3.19. The number of furan rings is 1. The highest BCUT2D eigenvalue weighted by Crippen LogP contribution is 2.39. The minimum atomic E-state index is -0.121. The molecule has 0 radical (unpaired) electrons. The average molecular weight is 347 g/mol. The van der Waals surface area contributed by atoms with Gasteiger partial charge >= 0.3 is 0 Å². The lowest BCUT2D eigenvalue weighted by molar-refractivity contribution is -0.117. The third-order valence-electron chi connectivity index (χ3n) is 4.65. The topological polar surface area (TPSA) is 62.6 Å². The minimum absolute atomic E-state index is 0.0234. The molecule has 2 heterocycles. The van der Waals surface area contributed by atoms with Crippen LogP contribution in [0.4, 0.5) is 5.69 Å². The van der Waals surface area contributed by atoms with Crippen LogP contribution in [0.15, 0.2) is 22.6 Å². The fourth-order valence-electron chi connectivity index (χ4n) is 3.22. The fourth-order valence-corrected chi connectivity index (χ4v) is 3.39. The monoisotopic (exact) mass is 346 g/mol. The van der Waals surface area contributed by atoms with Crippen molar-refractivity contribution in [3.8, 4) is 0 Å². The molecule has 0 spiro atoms. The van der Waals surface area contributed by atoms with Crippen molar-refractivity contribution in [2.45, 2.75) is 25.7 Å². The molecular formula is C18H19ClN2O3. The Morgan fingerprint density at radius 2 is 2.00 bits per heavy atom. The molecule has 2 aliphatic rings. The number of ketones is 1. The van der Waals surface area contributed by atoms with Crippen LogP contribution in [0.25, 0.3) is 11.0 Å². The van der Waals surface area contributed by atoms with Crippen molar-refractivity contribution in [3.63, 3.8) is 0 Å². The second kappa shape index (κ2) is 6.22. The molecule has 0 unspecified atom stereocenters. The second-order valence-electron chi connectivity index (χ2n) is 6.62. The first kappa shape index (κ1) is 15.7. The largest absolute Gasteiger partial charge is 0.451 e. The predicted molar refractivity (Wildman–Crippen MR) is 92.6 cm³/mol. The number of likely N-dealkylation sites (tertiary alicyclic amines) is 1. The summed E-state index contributed by atoms with van der Waals surface area (Å²) in [4.78, 5) is 27.1. The van der Waals surface area contributed by atoms with E-state index in [9.17, 15) is 9.59 Å². The molecular weight excluding hydrogens is 328 g/mol. The molecule has 6 heteroatoms. The van der Waals surface area contributed by atoms with E-state index in [0.717, 1.165) is 38.8 Å². The quantitative estimate of drug-likeness (QED) is 0.838. The molecule has 1 saturated heterocycles. The van der Waals surface area contributed by atoms with Crippen LogP contribution in [-0.4, -0.2) is 36.2 Å². The molecule has 0 bridgehead atoms. The molecule has 1 aliphatic heterocycles. The summed E-state index contributed by atoms with van der Waals surface area (Å²) in [5, 5.41) is 4.12. The number of amides is 1. The normalized spacial score (nSPS) is 18.2. The molecule has 24 heavy (non-hydrogen) atoms. The molecule has 126 valence electrons. The lowest BCUT2D eigenvalue weighted by Crippen LogP contribution is -2.31. The Labute approximate surface area is 144 Å². The van der Waals surface area contributed by atoms with Gasteiger partial charge in [-0.15, -0.1) is 0 Å². The van der Waals surface area contributed by atoms with Gasteiger partial charge in [-0.25, -0.2) is 0 Å². The molecule has 1 saturated carbocycles. The van der Waals surface area contributed by atoms with Crippen molar-refractivity contribution >= 4 is 39.9 Å². The number of nitrogens with zero attached hydrogens (tertiary/aromatic N) is 1. The van der Waals surface area contributed by atoms with E-state index < -0.39 is 0 Å². The van der Waals surface area contributed by atoms with Gasteiger partial charge in [-0.3, -0.25) is 14.5 Å². The summed E-state index contributed by atoms with van der Waals surface area (Å²) >= 11 is 6.08. The number of benzene rings is 1. The number of hydrogen-bond donors (Lipinski definition) is 1. The summed E-state index contributed by atoms with van der Waals surface area (Å²) in [7, 11) is 0. The maximum Gasteiger partial charge on any atom is 0.238 e. The second-order valence-corrected chi connectivity index (χ2v) is 7.05. The van der Waals surface area contributed by atoms with Gasteiger partial charge in [0.1, 0.15) is 5.58 Å². The lowest BCUT2D eigenvalue weighted by Gasteiger charge is -2.14. The molecule has 2 aromatic rings. The molecule has 1 aromatic heterocycles. The highest BCUT2D eigenvalue weighted by Gasteiger charge is 2.35. The van der Waals surface area contributed by atoms with E-state index in [1.165, 1.54) is 0 Å². The number of Topliss-reactive ketones (excluding diaryl/α,β-unsaturated/α-hetero) is 1. The third kappa shape index (κ3) is 3.06. The number of carbonyl (C=O) groups excluding carboxylic acids is 2. The Balaban J connectivity index is 1.65. The third-order valence-corrected chi connectivity index (χ3v) is 4.89. The lowest BCUT2D eigenvalue weighted by atomic mass is 10.1. The van der Waals surface area contributed by atoms with E-state index in [-0.39, 0.29) is 23.4 Å². The number of halogens is 1. The van der Waals surface area contributed by atoms with Crippen molar-refractivity contribution in [2.24, 2.45) is 5.92 Å². The van der Waals surface area contributed by atoms with Crippen molar-refractivity contribution in [3.05, 3.63) is 29.0 Å². The first-order chi connectivity index (χ1) is 11.6. The van der Waals surface area contributed by atoms with E-state index in [1.54, 1.807) is 18.2 Å². The molecule has 2 fully saturated rings. The number of fused-ring (bicyclic) bond motifs is 1. The van der Waals surface area contributed by atoms with Crippen LogP contribution in [0.5, 0.6) is 0 Å². The Hall–Kier alpha value is -1.85. The Kier molecular flexibility index (Phi) is 4.06. The van der Waals surface area contributed by atoms with Gasteiger partial charge < -0.3 is 9.73 Å². The van der Waals surface area contributed by atoms with Gasteiger partial charge in [0.05, 0.1) is 12.2 Å². The SMILES string of the molecule is O=C(CN1CCCC1)Nc1c(C(=O)C2CC2)oc2ccc(Cl)cc12. The number of carbonyl (C=O) groups is 2. The standard InChI is InChI=1S/C18H19ClN2O3/c19-12-5-6-14-13(9-12)16(18(24-14)17(23)11-3-4-11)20-15(22)10-21-7-1-2-8-21/h5-6,9,11H,1-4,7-8,10H2,(H,20,22). The first-order valence-electron chi connectivity index (χ1n) is 8.40. The van der Waals surface area contributed by atoms with E-state index >= 15 is 0 Å². The summed E-state index contributed by atoms with van der Waals surface area (Å²) in [5.41, 5.74) is 1.04. The van der Waals surface area contributed by atoms with E-state index in [2.05, 4.69) is 10.2 Å². The van der Waals surface area contributed by atoms with E-state index in [0.29, 0.717) is 28.2 Å². The van der Waals surface area contributed by atoms with Crippen molar-refractivity contribution < 1.29 is 14.0 Å². The molecule has 5 nitrogen and oxygen atoms in total. The smallest absolute Gasteiger partial charge is 0.238 e. The van der Waals surface area contributed by atoms with Gasteiger partial charge in [0, 0.05) is 16.3 Å². The van der Waals surface area contributed by atoms with E-state index in [4.69, 9.17) is 16.0 Å². The number of anilines is 1. The molecule has 1 amide bonds. The van der Waals surface area contributed by atoms with Crippen LogP contribution < -0.4 is 5.32 Å². The van der Waals surface area contributed by atoms with Gasteiger partial charge in [-0.05, 0) is 57.0 Å². The fraction of sp³-hybridized carbons (Fsp3) is 0.444. The molecule has 1 aliphatic carbocycles. The zero-order chi connectivity index (χ0) is 16.7. The van der Waals surface area contributed by atoms with Gasteiger partial charge in [0.2, 0.25) is 11.7 Å². The minimum Gasteiger partial charge on any atom is -0.451 e. The summed E-state index contributed by atoms with van der Waals surface area (Å²) < 4.78 is 5.75. The maximum atomic E-state index is 12.5. The van der Waals surface area contributed by atoms with Crippen LogP contribution >= 0.6 is 11.6 Å². The number of rotatable bonds is 5. The highest BCUT2D eigenvalue weighted by atomic mass is 35.5. The van der Waals surface area contributed by atoms with Crippen molar-refractivity contribution in [1.82, 2.24) is 4.90 Å². The molecule has 1 N–H and O–H groups in total. The molecule has 1 aromatic carbocycles. The molecule has 0 atom stereocenters. The van der Waals surface area contributed by atoms with Crippen LogP contribution in [0.1, 0.15) is 36.2 Å². The Morgan fingerprint density at radius 3 is 2.71 bits per heavy atom. The zero-order valence-corrected chi connectivity index (χ0v) is 14.1. The number of nitrogens with one attached hydrogen (secondary N) is 1. The van der Waals surface area contributed by atoms with Crippen molar-refractivity contribution in [2.75, 3.05) is 25.0 Å². The summed E-state index contributed by atoms with van der Waals surface area (Å²) in [6.07, 6.45) is 4.03. The van der Waals surface area contributed by atoms with Gasteiger partial charge in [-0.1, -0.05) is 11.6 Å². The van der Waals surface area contributed by atoms with Crippen molar-refractivity contribution in [1.29, 1.82) is 0 Å². The molecule has 4 rings (SSSR count). The van der Waals surface area contributed by atoms with Gasteiger partial charge in [-0.2, -0.15) is 0 Å². The summed E-state index contributed by atoms with van der Waals surface area (Å²) in [5.74, 6) is 0.128. The van der Waals surface area contributed by atoms with Gasteiger partial charge in [0.15, 0.2) is 5.76 Å². The maximum absolute atomic E-state index is 12.5. The van der Waals surface area contributed by atoms with Crippen LogP contribution in [0.2, 0.25) is 5.02 Å². The summed E-state index contributed by atoms with van der Waals surface area (Å²) in [6.45, 7) is 2.22.